The van der Waals surface area contributed by atoms with Crippen LogP contribution in [-0.4, -0.2) is 261 Å². The Bertz CT molecular complexity index is 3500. The molecule has 126 heavy (non-hydrogen) atoms. The van der Waals surface area contributed by atoms with E-state index in [0.717, 1.165) is 19.3 Å². The molecule has 0 aliphatic carbocycles. The number of aliphatic hydroxyl groups is 7. The minimum atomic E-state index is -4.23. The van der Waals surface area contributed by atoms with Gasteiger partial charge in [-0.1, -0.05) is 155 Å². The van der Waals surface area contributed by atoms with Gasteiger partial charge >= 0.3 is 51.9 Å². The average Bonchev–Trinajstić information content (AvgIpc) is 1.52. The topological polar surface area (TPSA) is 428 Å². The summed E-state index contributed by atoms with van der Waals surface area (Å²) in [5.74, 6) is -11.8. The van der Waals surface area contributed by atoms with Gasteiger partial charge in [0.1, 0.15) is 35.5 Å². The van der Waals surface area contributed by atoms with Crippen LogP contribution in [0.2, 0.25) is 0 Å². The zero-order valence-corrected chi connectivity index (χ0v) is 84.1. The number of hydrogen-bond acceptors (Lipinski definition) is 29. The molecular weight excluding hydrogens is 1660 g/mol. The van der Waals surface area contributed by atoms with Crippen molar-refractivity contribution in [3.63, 3.8) is 0 Å². The number of nitrogens with zero attached hydrogens (tertiary/aromatic N) is 1. The van der Waals surface area contributed by atoms with E-state index in [1.165, 1.54) is 72.8 Å². The van der Waals surface area contributed by atoms with Crippen LogP contribution in [0.15, 0.2) is 12.2 Å². The fourth-order valence-electron chi connectivity index (χ4n) is 21.0. The molecule has 0 aromatic rings. The molecule has 8 rings (SSSR count). The van der Waals surface area contributed by atoms with Crippen LogP contribution >= 0.6 is 0 Å². The van der Waals surface area contributed by atoms with E-state index in [2.05, 4.69) is 31.9 Å². The van der Waals surface area contributed by atoms with E-state index in [1.54, 1.807) is 67.5 Å². The minimum absolute atomic E-state index is 0. The second kappa shape index (κ2) is 49.4. The van der Waals surface area contributed by atoms with Gasteiger partial charge in [0.2, 0.25) is 5.79 Å². The number of unbranched alkanes of at least 4 members (excludes halogenated alkanes) is 9. The number of ether oxygens (including phenoxy) is 12. The van der Waals surface area contributed by atoms with Crippen molar-refractivity contribution >= 4 is 39.9 Å². The zero-order chi connectivity index (χ0) is 94.2. The van der Waals surface area contributed by atoms with Crippen LogP contribution in [-0.2, 0) is 95.4 Å². The number of carboxylic acid groups (broad SMARTS) is 1. The van der Waals surface area contributed by atoms with Gasteiger partial charge in [-0.25, -0.2) is 4.18 Å². The number of likely N-dealkylation sites (N-methyl/N-ethyl adjacent to an activating group) is 1. The molecule has 0 radical (unpaired) electrons. The van der Waals surface area contributed by atoms with E-state index in [1.807, 2.05) is 67.5 Å². The largest absolute Gasteiger partial charge is 1.00 e. The maximum Gasteiger partial charge on any atom is 1.00 e. The summed E-state index contributed by atoms with van der Waals surface area (Å²) in [5, 5.41) is 92.5. The van der Waals surface area contributed by atoms with Crippen LogP contribution < -0.4 is 34.7 Å². The predicted molar refractivity (Wildman–Crippen MR) is 466 cm³/mol. The van der Waals surface area contributed by atoms with E-state index in [-0.39, 0.29) is 110 Å². The van der Waals surface area contributed by atoms with Gasteiger partial charge in [0.05, 0.1) is 108 Å². The Morgan fingerprint density at radius 3 is 1.87 bits per heavy atom. The average molecular weight is 1830 g/mol. The second-order valence-electron chi connectivity index (χ2n) is 39.6. The third-order valence-corrected chi connectivity index (χ3v) is 30.0. The van der Waals surface area contributed by atoms with E-state index < -0.39 is 207 Å². The summed E-state index contributed by atoms with van der Waals surface area (Å²) in [6.45, 7) is 39.8. The van der Waals surface area contributed by atoms with Crippen molar-refractivity contribution in [3.8, 4) is 0 Å². The van der Waals surface area contributed by atoms with E-state index in [0.29, 0.717) is 70.6 Å². The molecule has 8 aliphatic heterocycles. The molecule has 0 aromatic carbocycles. The Kier molecular flexibility index (Phi) is 44.8. The SMILES string of the molecule is CCC(=O)OC1C(OC2C(C)C(OC3CC(C)(OC)C(O)C(C)O3)C(C)C(=O)OC(CC)C(C)(O)C(O)C(C)C(=O)C(C)CC2(C)O)OC(C)CC1N(C)C.CCC(C(=O)[O-])C1CCC(C)C(C(C)C(O)C(C)C(=O)C(CC)C2OC3(C=CC(O)C4(CCC(C)(C5CCC(O)(CC)C(C)O5)O4)O3)C(C)CC2C)O1.CCCCCCCCCCCCOS(=O)(=O)O.[Na+]. The summed E-state index contributed by atoms with van der Waals surface area (Å²) in [5.41, 5.74) is -6.56. The first-order valence-electron chi connectivity index (χ1n) is 47.3. The summed E-state index contributed by atoms with van der Waals surface area (Å²) in [6, 6.07) is -0.319. The summed E-state index contributed by atoms with van der Waals surface area (Å²) in [6.07, 6.45) is 7.39. The Morgan fingerprint density at radius 1 is 0.706 bits per heavy atom. The fourth-order valence-corrected chi connectivity index (χ4v) is 21.3. The Morgan fingerprint density at radius 2 is 1.32 bits per heavy atom. The number of Topliss-reactive ketones (excluding diaryl/α,β-unsaturated/α-hetero) is 2. The van der Waals surface area contributed by atoms with Crippen LogP contribution in [0, 0.1) is 65.1 Å². The van der Waals surface area contributed by atoms with Gasteiger partial charge in [-0.2, -0.15) is 8.42 Å². The van der Waals surface area contributed by atoms with E-state index >= 15 is 0 Å². The van der Waals surface area contributed by atoms with Gasteiger partial charge in [0, 0.05) is 79.7 Å². The van der Waals surface area contributed by atoms with Crippen molar-refractivity contribution in [1.29, 1.82) is 0 Å². The predicted octanol–water partition coefficient (Wildman–Crippen LogP) is 8.33. The third kappa shape index (κ3) is 28.6. The first-order chi connectivity index (χ1) is 58.2. The fraction of sp³-hybridized carbons (Fsp3) is 0.926. The zero-order valence-electron chi connectivity index (χ0n) is 81.3. The number of hydrogen-bond donors (Lipinski definition) is 8. The molecule has 0 bridgehead atoms. The Balaban J connectivity index is 0.000000375. The van der Waals surface area contributed by atoms with Crippen molar-refractivity contribution in [2.24, 2.45) is 65.1 Å². The van der Waals surface area contributed by atoms with Gasteiger partial charge in [0.15, 0.2) is 24.5 Å². The molecule has 0 amide bonds. The molecule has 0 saturated carbocycles. The summed E-state index contributed by atoms with van der Waals surface area (Å²) in [4.78, 5) is 69.1. The molecule has 36 atom stereocenters. The Labute approximate surface area is 776 Å². The summed E-state index contributed by atoms with van der Waals surface area (Å²) in [7, 11) is 0.973. The number of cyclic esters (lactones) is 1. The van der Waals surface area contributed by atoms with Gasteiger partial charge in [-0.05, 0) is 177 Å². The number of aliphatic hydroxyl groups excluding tert-OH is 4. The second-order valence-corrected chi connectivity index (χ2v) is 40.7. The van der Waals surface area contributed by atoms with Crippen molar-refractivity contribution < 1.29 is 168 Å². The molecule has 36 unspecified atom stereocenters. The number of ketones is 2. The third-order valence-electron chi connectivity index (χ3n) is 29.5. The first kappa shape index (κ1) is 114. The molecule has 0 aromatic heterocycles. The van der Waals surface area contributed by atoms with E-state index in [4.69, 9.17) is 61.4 Å². The van der Waals surface area contributed by atoms with Crippen molar-refractivity contribution in [3.05, 3.63) is 12.2 Å². The number of esters is 2. The first-order valence-corrected chi connectivity index (χ1v) is 48.7. The summed E-state index contributed by atoms with van der Waals surface area (Å²) >= 11 is 0. The maximum absolute atomic E-state index is 14.4. The van der Waals surface area contributed by atoms with Crippen molar-refractivity contribution in [2.45, 2.75) is 463 Å². The number of methoxy groups -OCH3 is 1. The number of rotatable bonds is 33. The quantitative estimate of drug-likeness (QED) is 0.0101. The number of carbonyl (C=O) groups excluding carboxylic acids is 5. The van der Waals surface area contributed by atoms with Crippen LogP contribution in [0.5, 0.6) is 0 Å². The maximum atomic E-state index is 14.4. The molecule has 8 N–H and O–H groups in total. The van der Waals surface area contributed by atoms with Gasteiger partial charge < -0.3 is 107 Å². The van der Waals surface area contributed by atoms with Crippen molar-refractivity contribution in [2.75, 3.05) is 27.8 Å². The number of carboxylic acids is 1. The van der Waals surface area contributed by atoms with Crippen LogP contribution in [0.4, 0.5) is 0 Å². The van der Waals surface area contributed by atoms with Crippen molar-refractivity contribution in [1.82, 2.24) is 4.90 Å². The molecule has 32 heteroatoms. The molecule has 8 heterocycles. The molecule has 728 valence electrons. The Hall–Kier alpha value is -2.36. The molecule has 2 spiro atoms. The molecule has 7 fully saturated rings. The molecule has 7 saturated heterocycles. The molecule has 30 nitrogen and oxygen atoms in total. The van der Waals surface area contributed by atoms with E-state index in [9.17, 15) is 73.2 Å². The normalized spacial score (nSPS) is 41.5. The standard InChI is InChI=1S/C42H70O11.C40H71NO14.C12H26O4S.Na/c1-11-29(38(46)47)31-15-14-23(4)36(50-31)27(8)34(44)26(7)35(45)30(12-2)37-24(5)22-25(6)41(51-37)19-16-32(43)42(53-41)21-20-39(10,52-42)33-17-18-40(48,13-3)28(9)49-33;1-15-27-40(11,48)33(44)22(5)30(43)20(3)18-38(9,47)35(55-37-32(53-28(42)16-2)26(41(12)13)17-21(4)50-37)23(6)31(24(7)36(46)52-27)54-29-19-39(10,49-14)34(45)25(8)51-29;1-2-3-4-5-6-7-8-9-10-11-12-16-17(13,14)15;/h16,19,23-34,36-37,43-44,48H,11-15,17-18,20-22H2,1-10H3,(H,46,47);20-27,29,31-35,37,44-45,47-48H,15-19H2,1-14H3;2-12H2,1H3,(H,13,14,15);/q;;;+1/p-1. The summed E-state index contributed by atoms with van der Waals surface area (Å²) < 4.78 is 110. The number of aliphatic carboxylic acids is 1. The minimum Gasteiger partial charge on any atom is -0.550 e. The van der Waals surface area contributed by atoms with Gasteiger partial charge in [0.25, 0.3) is 0 Å². The molecule has 8 aliphatic rings. The van der Waals surface area contributed by atoms with Crippen LogP contribution in [0.3, 0.4) is 0 Å². The smallest absolute Gasteiger partial charge is 0.550 e. The monoisotopic (exact) mass is 1830 g/mol. The van der Waals surface area contributed by atoms with Crippen LogP contribution in [0.1, 0.15) is 313 Å². The van der Waals surface area contributed by atoms with Gasteiger partial charge in [-0.3, -0.25) is 23.7 Å². The van der Waals surface area contributed by atoms with Crippen LogP contribution in [0.25, 0.3) is 0 Å². The van der Waals surface area contributed by atoms with Gasteiger partial charge in [-0.15, -0.1) is 0 Å². The number of carbonyl (C=O) groups is 5. The molecular formula is C94H166NNaO29S.